The first-order valence-electron chi connectivity index (χ1n) is 28.3. The van der Waals surface area contributed by atoms with Crippen LogP contribution in [0, 0.1) is 23.2 Å². The van der Waals surface area contributed by atoms with Crippen molar-refractivity contribution in [2.75, 3.05) is 48.0 Å². The third-order valence-electron chi connectivity index (χ3n) is 17.5. The number of benzene rings is 6. The predicted octanol–water partition coefficient (Wildman–Crippen LogP) is 7.44. The minimum absolute atomic E-state index is 0.0489. The second kappa shape index (κ2) is 24.6. The number of hydroxylamine groups is 3. The average molecular weight is 1080 g/mol. The molecule has 0 aliphatic heterocycles. The number of nitrogens with one attached hydrogen (secondary N) is 8. The van der Waals surface area contributed by atoms with Gasteiger partial charge in [-0.15, -0.1) is 0 Å². The van der Waals surface area contributed by atoms with Gasteiger partial charge in [0.2, 0.25) is 0 Å². The fraction of sp³-hybridized carbons (Fsp3) is 0.400. The van der Waals surface area contributed by atoms with E-state index in [4.69, 9.17) is 42.9 Å². The molecule has 0 radical (unpaired) electrons. The molecule has 0 amide bonds. The van der Waals surface area contributed by atoms with Crippen LogP contribution in [0.4, 0.5) is 0 Å². The molecule has 0 saturated carbocycles. The Labute approximate surface area is 473 Å². The number of likely N-dealkylation sites (N-methyl/N-ethyl adjacent to an activating group) is 1. The molecule has 80 heavy (non-hydrogen) atoms. The van der Waals surface area contributed by atoms with Crippen LogP contribution in [-0.2, 0) is 75.8 Å². The number of fused-ring (bicyclic) bond motifs is 6. The molecular weight excluding hydrogens is 997 g/mol. The van der Waals surface area contributed by atoms with Crippen LogP contribution in [0.25, 0.3) is 0 Å². The van der Waals surface area contributed by atoms with Crippen molar-refractivity contribution in [2.45, 2.75) is 119 Å². The molecule has 5 unspecified atom stereocenters. The first-order chi connectivity index (χ1) is 38.7. The van der Waals surface area contributed by atoms with Gasteiger partial charge in [0.1, 0.15) is 17.5 Å². The molecule has 0 bridgehead atoms. The van der Waals surface area contributed by atoms with Crippen molar-refractivity contribution >= 4 is 17.5 Å². The first kappa shape index (κ1) is 58.0. The van der Waals surface area contributed by atoms with Crippen LogP contribution in [0.2, 0.25) is 0 Å². The van der Waals surface area contributed by atoms with Crippen molar-refractivity contribution in [3.05, 3.63) is 209 Å². The van der Waals surface area contributed by atoms with Gasteiger partial charge in [-0.05, 0) is 193 Å². The maximum atomic E-state index is 9.80. The summed E-state index contributed by atoms with van der Waals surface area (Å²) in [5.41, 5.74) is 53.1. The van der Waals surface area contributed by atoms with Gasteiger partial charge in [-0.2, -0.15) is 16.4 Å². The molecular formula is C65H84N12O3. The van der Waals surface area contributed by atoms with Crippen LogP contribution in [-0.4, -0.2) is 71.6 Å². The van der Waals surface area contributed by atoms with Crippen LogP contribution in [0.3, 0.4) is 0 Å². The Morgan fingerprint density at radius 1 is 0.500 bits per heavy atom. The average Bonchev–Trinajstić information content (AvgIpc) is 3.99. The monoisotopic (exact) mass is 1080 g/mol. The van der Waals surface area contributed by atoms with E-state index >= 15 is 0 Å². The summed E-state index contributed by atoms with van der Waals surface area (Å²) in [6.45, 7) is 7.96. The van der Waals surface area contributed by atoms with Crippen LogP contribution in [0.15, 0.2) is 109 Å². The van der Waals surface area contributed by atoms with Crippen molar-refractivity contribution in [1.29, 1.82) is 16.2 Å². The summed E-state index contributed by atoms with van der Waals surface area (Å²) in [7, 11) is 6.76. The Morgan fingerprint density at radius 3 is 1.24 bits per heavy atom. The Balaban J connectivity index is 1.11. The van der Waals surface area contributed by atoms with Gasteiger partial charge in [0.05, 0.1) is 49.7 Å². The molecule has 422 valence electrons. The molecule has 0 aromatic heterocycles. The third-order valence-corrected chi connectivity index (χ3v) is 17.5. The van der Waals surface area contributed by atoms with Crippen LogP contribution in [0.1, 0.15) is 145 Å². The Morgan fingerprint density at radius 2 is 0.863 bits per heavy atom. The van der Waals surface area contributed by atoms with Gasteiger partial charge in [0.15, 0.2) is 0 Å². The Kier molecular flexibility index (Phi) is 17.9. The van der Waals surface area contributed by atoms with Crippen LogP contribution < -0.4 is 50.0 Å². The van der Waals surface area contributed by atoms with Crippen molar-refractivity contribution in [3.8, 4) is 0 Å². The minimum Gasteiger partial charge on any atom is -0.387 e. The van der Waals surface area contributed by atoms with Gasteiger partial charge in [-0.1, -0.05) is 115 Å². The van der Waals surface area contributed by atoms with Crippen molar-refractivity contribution in [1.82, 2.24) is 27.1 Å². The second-order valence-electron chi connectivity index (χ2n) is 22.4. The fourth-order valence-corrected chi connectivity index (χ4v) is 14.0. The van der Waals surface area contributed by atoms with Crippen molar-refractivity contribution < 1.29 is 14.5 Å². The lowest BCUT2D eigenvalue weighted by molar-refractivity contribution is 0.0715. The summed E-state index contributed by atoms with van der Waals surface area (Å²) in [5, 5.41) is 35.5. The van der Waals surface area contributed by atoms with E-state index in [1.165, 1.54) is 16.7 Å². The van der Waals surface area contributed by atoms with E-state index in [1.807, 2.05) is 7.05 Å². The van der Waals surface area contributed by atoms with E-state index in [1.54, 1.807) is 21.3 Å². The first-order valence-corrected chi connectivity index (χ1v) is 28.3. The van der Waals surface area contributed by atoms with Gasteiger partial charge in [0.25, 0.3) is 0 Å². The van der Waals surface area contributed by atoms with E-state index in [-0.39, 0.29) is 24.0 Å². The van der Waals surface area contributed by atoms with Crippen LogP contribution in [0.5, 0.6) is 0 Å². The van der Waals surface area contributed by atoms with Gasteiger partial charge < -0.3 is 48.1 Å². The number of aryl methyl sites for hydroxylation is 7. The molecule has 9 rings (SSSR count). The molecule has 16 N–H and O–H groups in total. The van der Waals surface area contributed by atoms with E-state index in [0.29, 0.717) is 57.1 Å². The predicted molar refractivity (Wildman–Crippen MR) is 321 cm³/mol. The zero-order valence-electron chi connectivity index (χ0n) is 47.9. The smallest absolute Gasteiger partial charge is 0.109 e. The lowest BCUT2D eigenvalue weighted by atomic mass is 9.68. The maximum absolute atomic E-state index is 9.80. The summed E-state index contributed by atoms with van der Waals surface area (Å²) in [4.78, 5) is 16.9. The quantitative estimate of drug-likeness (QED) is 0.0191. The molecule has 3 aliphatic carbocycles. The van der Waals surface area contributed by atoms with Gasteiger partial charge in [0, 0.05) is 19.6 Å². The topological polar surface area (TPSA) is 263 Å². The standard InChI is InChI=1S/C65H84N12O3/c1-39(2)75-62(72)65(28-31-68)54-21-9-41(38-74-78-5)33-43(54)11-13-47-37-51(19-25-57(47)65)59(77-80-7)50-18-24-56-46(36-50)15-14-45-35-49(17-23-55(45)64(56,27-30-67)61(71)73-4)58(76-79-6)48-16-22-53-44(34-48)12-10-42-32-40(3)8-20-52(42)63(53,26-29-66)60(69)70/h8-9,16-25,32-37,39,58-59,74,76-77H,10-15,26-31,38,66-68H2,1-7H3,(H3,69,70)(H2,71,73)(H2,72,75). The summed E-state index contributed by atoms with van der Waals surface area (Å²) >= 11 is 0. The maximum Gasteiger partial charge on any atom is 0.109 e. The summed E-state index contributed by atoms with van der Waals surface area (Å²) in [6, 6.07) is 39.0. The highest BCUT2D eigenvalue weighted by Crippen LogP contribution is 2.48. The largest absolute Gasteiger partial charge is 0.387 e. The SMILES string of the molecule is CNC(=N)C1(CCN)c2ccc(C(NOC)c3ccc4c(c3)CCc3cc(C)ccc3C4(CCN)C(=N)N)cc2CCc2cc(C(NOC)c3ccc4c(c3)CCc3cc(CNOC)ccc3C4(CCN)C(=N)NC(C)C)ccc21. The number of amidine groups is 3. The minimum atomic E-state index is -0.869. The molecule has 15 nitrogen and oxygen atoms in total. The molecule has 5 atom stereocenters. The molecule has 0 saturated heterocycles. The zero-order valence-corrected chi connectivity index (χ0v) is 47.9. The lowest BCUT2D eigenvalue weighted by Crippen LogP contribution is -2.49. The van der Waals surface area contributed by atoms with E-state index in [0.717, 1.165) is 122 Å². The second-order valence-corrected chi connectivity index (χ2v) is 22.4. The van der Waals surface area contributed by atoms with Gasteiger partial charge >= 0.3 is 0 Å². The van der Waals surface area contributed by atoms with E-state index < -0.39 is 16.2 Å². The highest BCUT2D eigenvalue weighted by molar-refractivity contribution is 5.97. The highest BCUT2D eigenvalue weighted by Gasteiger charge is 2.46. The van der Waals surface area contributed by atoms with E-state index in [9.17, 15) is 10.8 Å². The number of hydrogen-bond donors (Lipinski definition) is 12. The lowest BCUT2D eigenvalue weighted by Gasteiger charge is -2.38. The Bertz CT molecular complexity index is 3270. The van der Waals surface area contributed by atoms with Crippen molar-refractivity contribution in [3.63, 3.8) is 0 Å². The third kappa shape index (κ3) is 10.4. The molecule has 3 aliphatic rings. The molecule has 0 spiro atoms. The summed E-state index contributed by atoms with van der Waals surface area (Å²) < 4.78 is 0. The molecule has 6 aromatic carbocycles. The Hall–Kier alpha value is -6.63. The summed E-state index contributed by atoms with van der Waals surface area (Å²) in [5.74, 6) is 0.924. The number of nitrogens with two attached hydrogens (primary N) is 4. The fourth-order valence-electron chi connectivity index (χ4n) is 14.0. The zero-order chi connectivity index (χ0) is 56.9. The molecule has 0 fully saturated rings. The van der Waals surface area contributed by atoms with Gasteiger partial charge in [-0.3, -0.25) is 16.2 Å². The summed E-state index contributed by atoms with van der Waals surface area (Å²) in [6.07, 6.45) is 6.20. The van der Waals surface area contributed by atoms with E-state index in [2.05, 4.69) is 157 Å². The molecule has 6 aromatic rings. The van der Waals surface area contributed by atoms with Crippen molar-refractivity contribution in [2.24, 2.45) is 22.9 Å². The normalized spacial score (nSPS) is 19.8. The number of hydrogen-bond acceptors (Lipinski definition) is 12. The molecule has 0 heterocycles. The van der Waals surface area contributed by atoms with Crippen LogP contribution >= 0.6 is 0 Å². The highest BCUT2D eigenvalue weighted by atomic mass is 16.6. The number of rotatable bonds is 21. The van der Waals surface area contributed by atoms with Gasteiger partial charge in [-0.25, -0.2) is 0 Å². The molecule has 15 heteroatoms.